The van der Waals surface area contributed by atoms with Crippen LogP contribution in [0.25, 0.3) is 0 Å². The molecule has 3 aromatic rings. The summed E-state index contributed by atoms with van der Waals surface area (Å²) in [7, 11) is 1.84. The Balaban J connectivity index is 1.60. The summed E-state index contributed by atoms with van der Waals surface area (Å²) in [5, 5.41) is 7.64. The minimum atomic E-state index is -0.123. The van der Waals surface area contributed by atoms with Crippen LogP contribution < -0.4 is 10.1 Å². The molecule has 0 saturated heterocycles. The van der Waals surface area contributed by atoms with Crippen molar-refractivity contribution in [1.82, 2.24) is 9.78 Å². The Bertz CT molecular complexity index is 927. The molecule has 0 bridgehead atoms. The van der Waals surface area contributed by atoms with Gasteiger partial charge in [-0.25, -0.2) is 0 Å². The molecule has 1 aromatic heterocycles. The maximum Gasteiger partial charge on any atom is 0.233 e. The van der Waals surface area contributed by atoms with Crippen LogP contribution in [-0.2, 0) is 24.9 Å². The van der Waals surface area contributed by atoms with E-state index in [4.69, 9.17) is 16.3 Å². The first-order chi connectivity index (χ1) is 12.5. The lowest BCUT2D eigenvalue weighted by Crippen LogP contribution is -2.14. The molecule has 0 aliphatic carbocycles. The van der Waals surface area contributed by atoms with Gasteiger partial charge in [0.1, 0.15) is 6.61 Å². The highest BCUT2D eigenvalue weighted by atomic mass is 79.9. The summed E-state index contributed by atoms with van der Waals surface area (Å²) in [6, 6.07) is 14.7. The Kier molecular flexibility index (Phi) is 5.96. The summed E-state index contributed by atoms with van der Waals surface area (Å²) < 4.78 is 8.18. The van der Waals surface area contributed by atoms with E-state index in [1.165, 1.54) is 0 Å². The summed E-state index contributed by atoms with van der Waals surface area (Å²) in [5.74, 6) is 0.444. The second-order valence-corrected chi connectivity index (χ2v) is 7.00. The molecule has 0 unspecified atom stereocenters. The number of aromatic nitrogens is 2. The fourth-order valence-corrected chi connectivity index (χ4v) is 3.08. The molecule has 0 spiro atoms. The van der Waals surface area contributed by atoms with Gasteiger partial charge in [-0.1, -0.05) is 51.8 Å². The standard InChI is InChI=1S/C19H17BrClN3O2/c1-24-9-8-19(23-24)26-12-14-6-7-15(11-16(14)20)22-18(25)10-13-4-2-3-5-17(13)21/h2-9,11H,10,12H2,1H3,(H,22,25). The van der Waals surface area contributed by atoms with E-state index in [2.05, 4.69) is 26.3 Å². The Hall–Kier alpha value is -2.31. The summed E-state index contributed by atoms with van der Waals surface area (Å²) in [6.45, 7) is 0.380. The van der Waals surface area contributed by atoms with Gasteiger partial charge in [0.15, 0.2) is 0 Å². The van der Waals surface area contributed by atoms with E-state index >= 15 is 0 Å². The van der Waals surface area contributed by atoms with Gasteiger partial charge in [-0.05, 0) is 23.8 Å². The molecule has 1 amide bonds. The third-order valence-corrected chi connectivity index (χ3v) is 4.82. The fraction of sp³-hybridized carbons (Fsp3) is 0.158. The molecule has 0 atom stereocenters. The fourth-order valence-electron chi connectivity index (χ4n) is 2.38. The first-order valence-electron chi connectivity index (χ1n) is 7.95. The molecule has 0 fully saturated rings. The van der Waals surface area contributed by atoms with Crippen molar-refractivity contribution >= 4 is 39.1 Å². The van der Waals surface area contributed by atoms with Crippen LogP contribution in [0.1, 0.15) is 11.1 Å². The number of benzene rings is 2. The van der Waals surface area contributed by atoms with Crippen LogP contribution in [0, 0.1) is 0 Å². The predicted octanol–water partition coefficient (Wildman–Crippen LogP) is 4.60. The number of rotatable bonds is 6. The van der Waals surface area contributed by atoms with Crippen LogP contribution >= 0.6 is 27.5 Å². The summed E-state index contributed by atoms with van der Waals surface area (Å²) >= 11 is 9.61. The average molecular weight is 435 g/mol. The molecule has 26 heavy (non-hydrogen) atoms. The Labute approximate surface area is 165 Å². The van der Waals surface area contributed by atoms with E-state index in [0.29, 0.717) is 23.2 Å². The molecule has 5 nitrogen and oxygen atoms in total. The number of anilines is 1. The van der Waals surface area contributed by atoms with Gasteiger partial charge in [0.05, 0.1) is 6.42 Å². The van der Waals surface area contributed by atoms with E-state index < -0.39 is 0 Å². The smallest absolute Gasteiger partial charge is 0.233 e. The molecule has 3 rings (SSSR count). The Morgan fingerprint density at radius 2 is 2.04 bits per heavy atom. The van der Waals surface area contributed by atoms with E-state index in [9.17, 15) is 4.79 Å². The van der Waals surface area contributed by atoms with Gasteiger partial charge in [-0.15, -0.1) is 5.10 Å². The molecule has 2 aromatic carbocycles. The van der Waals surface area contributed by atoms with Crippen molar-refractivity contribution in [3.05, 3.63) is 75.4 Å². The third kappa shape index (κ3) is 4.86. The van der Waals surface area contributed by atoms with E-state index in [1.54, 1.807) is 16.8 Å². The molecule has 7 heteroatoms. The first-order valence-corrected chi connectivity index (χ1v) is 9.12. The molecule has 0 radical (unpaired) electrons. The van der Waals surface area contributed by atoms with Gasteiger partial charge >= 0.3 is 0 Å². The molecule has 1 N–H and O–H groups in total. The molecular weight excluding hydrogens is 418 g/mol. The second-order valence-electron chi connectivity index (χ2n) is 5.74. The number of hydrogen-bond donors (Lipinski definition) is 1. The van der Waals surface area contributed by atoms with Crippen molar-refractivity contribution in [2.24, 2.45) is 7.05 Å². The van der Waals surface area contributed by atoms with Crippen LogP contribution in [0.15, 0.2) is 59.2 Å². The number of amides is 1. The number of halogens is 2. The van der Waals surface area contributed by atoms with Gasteiger partial charge in [-0.3, -0.25) is 9.48 Å². The summed E-state index contributed by atoms with van der Waals surface area (Å²) in [4.78, 5) is 12.2. The van der Waals surface area contributed by atoms with Gasteiger partial charge in [0, 0.05) is 40.1 Å². The molecular formula is C19H17BrClN3O2. The number of aryl methyl sites for hydroxylation is 1. The normalized spacial score (nSPS) is 10.6. The van der Waals surface area contributed by atoms with Crippen LogP contribution in [-0.4, -0.2) is 15.7 Å². The van der Waals surface area contributed by atoms with Crippen LogP contribution in [0.4, 0.5) is 5.69 Å². The minimum absolute atomic E-state index is 0.123. The van der Waals surface area contributed by atoms with Crippen LogP contribution in [0.2, 0.25) is 5.02 Å². The van der Waals surface area contributed by atoms with Crippen molar-refractivity contribution in [3.8, 4) is 5.88 Å². The van der Waals surface area contributed by atoms with E-state index in [-0.39, 0.29) is 12.3 Å². The van der Waals surface area contributed by atoms with E-state index in [1.807, 2.05) is 49.6 Å². The minimum Gasteiger partial charge on any atom is -0.472 e. The number of hydrogen-bond acceptors (Lipinski definition) is 3. The maximum absolute atomic E-state index is 12.2. The highest BCUT2D eigenvalue weighted by molar-refractivity contribution is 9.10. The average Bonchev–Trinajstić information content (AvgIpc) is 3.01. The molecule has 0 saturated carbocycles. The van der Waals surface area contributed by atoms with E-state index in [0.717, 1.165) is 15.6 Å². The lowest BCUT2D eigenvalue weighted by molar-refractivity contribution is -0.115. The van der Waals surface area contributed by atoms with Crippen LogP contribution in [0.3, 0.4) is 0 Å². The van der Waals surface area contributed by atoms with Gasteiger partial charge in [0.2, 0.25) is 11.8 Å². The van der Waals surface area contributed by atoms with Crippen LogP contribution in [0.5, 0.6) is 5.88 Å². The Morgan fingerprint density at radius 1 is 1.23 bits per heavy atom. The molecule has 0 aliphatic heterocycles. The second kappa shape index (κ2) is 8.38. The quantitative estimate of drug-likeness (QED) is 0.617. The topological polar surface area (TPSA) is 56.1 Å². The zero-order valence-electron chi connectivity index (χ0n) is 14.1. The van der Waals surface area contributed by atoms with Gasteiger partial charge in [-0.2, -0.15) is 0 Å². The van der Waals surface area contributed by atoms with Crippen molar-refractivity contribution < 1.29 is 9.53 Å². The molecule has 0 aliphatic rings. The lowest BCUT2D eigenvalue weighted by atomic mass is 10.1. The monoisotopic (exact) mass is 433 g/mol. The lowest BCUT2D eigenvalue weighted by Gasteiger charge is -2.10. The van der Waals surface area contributed by atoms with Gasteiger partial charge < -0.3 is 10.1 Å². The van der Waals surface area contributed by atoms with Gasteiger partial charge in [0.25, 0.3) is 0 Å². The number of ether oxygens (including phenoxy) is 1. The predicted molar refractivity (Wildman–Crippen MR) is 105 cm³/mol. The third-order valence-electron chi connectivity index (χ3n) is 3.71. The summed E-state index contributed by atoms with van der Waals surface area (Å²) in [6.07, 6.45) is 2.05. The largest absolute Gasteiger partial charge is 0.472 e. The highest BCUT2D eigenvalue weighted by Crippen LogP contribution is 2.23. The highest BCUT2D eigenvalue weighted by Gasteiger charge is 2.09. The van der Waals surface area contributed by atoms with Crippen molar-refractivity contribution in [3.63, 3.8) is 0 Å². The first kappa shape index (κ1) is 18.5. The Morgan fingerprint density at radius 3 is 2.73 bits per heavy atom. The number of nitrogens with zero attached hydrogens (tertiary/aromatic N) is 2. The zero-order valence-corrected chi connectivity index (χ0v) is 16.4. The molecule has 1 heterocycles. The van der Waals surface area contributed by atoms with Crippen molar-refractivity contribution in [2.75, 3.05) is 5.32 Å². The molecule has 134 valence electrons. The van der Waals surface area contributed by atoms with Crippen molar-refractivity contribution in [2.45, 2.75) is 13.0 Å². The maximum atomic E-state index is 12.2. The zero-order chi connectivity index (χ0) is 18.5. The summed E-state index contributed by atoms with van der Waals surface area (Å²) in [5.41, 5.74) is 2.46. The number of carbonyl (C=O) groups is 1. The number of carbonyl (C=O) groups excluding carboxylic acids is 1. The van der Waals surface area contributed by atoms with Crippen molar-refractivity contribution in [1.29, 1.82) is 0 Å². The SMILES string of the molecule is Cn1ccc(OCc2ccc(NC(=O)Cc3ccccc3Cl)cc2Br)n1. The number of nitrogens with one attached hydrogen (secondary N) is 1.